The van der Waals surface area contributed by atoms with Gasteiger partial charge in [-0.25, -0.2) is 4.79 Å². The molecule has 5 aliphatic heterocycles. The number of ether oxygens (including phenoxy) is 4. The molecular formula is C22H29NO5. The lowest BCUT2D eigenvalue weighted by Crippen LogP contribution is -2.49. The van der Waals surface area contributed by atoms with E-state index in [9.17, 15) is 4.79 Å². The zero-order chi connectivity index (χ0) is 19.6. The molecule has 5 aliphatic rings. The summed E-state index contributed by atoms with van der Waals surface area (Å²) in [4.78, 5) is 14.8. The van der Waals surface area contributed by atoms with Gasteiger partial charge in [-0.15, -0.1) is 0 Å². The Morgan fingerprint density at radius 2 is 2.14 bits per heavy atom. The topological polar surface area (TPSA) is 57.2 Å². The van der Waals surface area contributed by atoms with Crippen molar-refractivity contribution in [3.63, 3.8) is 0 Å². The number of nitrogens with zero attached hydrogens (tertiary/aromatic N) is 1. The molecule has 0 amide bonds. The summed E-state index contributed by atoms with van der Waals surface area (Å²) >= 11 is 0. The molecule has 0 radical (unpaired) electrons. The van der Waals surface area contributed by atoms with Gasteiger partial charge in [0.15, 0.2) is 11.5 Å². The fraction of sp³-hybridized carbons (Fsp3) is 0.682. The second kappa shape index (κ2) is 6.63. The summed E-state index contributed by atoms with van der Waals surface area (Å²) in [7, 11) is 1.57. The van der Waals surface area contributed by atoms with Crippen molar-refractivity contribution < 1.29 is 23.7 Å². The highest BCUT2D eigenvalue weighted by Crippen LogP contribution is 2.52. The van der Waals surface area contributed by atoms with Gasteiger partial charge in [-0.05, 0) is 25.8 Å². The normalized spacial score (nSPS) is 43.6. The SMILES string of the molecule is CCCC[C@@H]1[C@H]2C[C@H]3[C@@H]4C(=C[C@@H](CN13)O2)O/C(=C1\OC(=O)C(C)=C1OC)[C@H]4C. The Labute approximate surface area is 166 Å². The van der Waals surface area contributed by atoms with Crippen LogP contribution >= 0.6 is 0 Å². The third-order valence-corrected chi connectivity index (χ3v) is 7.10. The summed E-state index contributed by atoms with van der Waals surface area (Å²) in [5.74, 6) is 2.67. The fourth-order valence-electron chi connectivity index (χ4n) is 5.78. The van der Waals surface area contributed by atoms with E-state index in [1.54, 1.807) is 14.0 Å². The summed E-state index contributed by atoms with van der Waals surface area (Å²) in [6.45, 7) is 7.11. The van der Waals surface area contributed by atoms with Gasteiger partial charge in [0.25, 0.3) is 0 Å². The second-order valence-corrected chi connectivity index (χ2v) is 8.65. The van der Waals surface area contributed by atoms with E-state index in [1.165, 1.54) is 19.3 Å². The first-order valence-electron chi connectivity index (χ1n) is 10.6. The van der Waals surface area contributed by atoms with Crippen molar-refractivity contribution >= 4 is 5.97 Å². The Kier molecular flexibility index (Phi) is 4.32. The van der Waals surface area contributed by atoms with E-state index in [4.69, 9.17) is 18.9 Å². The molecule has 6 heteroatoms. The van der Waals surface area contributed by atoms with Gasteiger partial charge in [0.1, 0.15) is 5.76 Å². The van der Waals surface area contributed by atoms with Gasteiger partial charge in [-0.1, -0.05) is 26.7 Å². The molecule has 0 N–H and O–H groups in total. The predicted molar refractivity (Wildman–Crippen MR) is 102 cm³/mol. The Morgan fingerprint density at radius 3 is 2.89 bits per heavy atom. The minimum Gasteiger partial charge on any atom is -0.492 e. The van der Waals surface area contributed by atoms with Crippen LogP contribution in [0.25, 0.3) is 0 Å². The quantitative estimate of drug-likeness (QED) is 0.690. The van der Waals surface area contributed by atoms with Gasteiger partial charge in [-0.3, -0.25) is 4.90 Å². The lowest BCUT2D eigenvalue weighted by Gasteiger charge is -2.38. The van der Waals surface area contributed by atoms with Gasteiger partial charge in [0, 0.05) is 30.5 Å². The maximum absolute atomic E-state index is 12.1. The Bertz CT molecular complexity index is 797. The number of allylic oxidation sites excluding steroid dienone is 1. The number of hydrogen-bond acceptors (Lipinski definition) is 6. The number of rotatable bonds is 4. The van der Waals surface area contributed by atoms with Gasteiger partial charge >= 0.3 is 5.97 Å². The average molecular weight is 387 g/mol. The number of unbranched alkanes of at least 4 members (excludes halogenated alkanes) is 1. The number of esters is 1. The van der Waals surface area contributed by atoms with Crippen molar-refractivity contribution in [1.29, 1.82) is 0 Å². The van der Waals surface area contributed by atoms with Gasteiger partial charge in [0.2, 0.25) is 5.76 Å². The molecule has 1 unspecified atom stereocenters. The molecule has 0 aromatic heterocycles. The zero-order valence-electron chi connectivity index (χ0n) is 17.1. The third-order valence-electron chi connectivity index (χ3n) is 7.10. The van der Waals surface area contributed by atoms with Crippen molar-refractivity contribution in [2.75, 3.05) is 13.7 Å². The fourth-order valence-corrected chi connectivity index (χ4v) is 5.78. The van der Waals surface area contributed by atoms with Crippen LogP contribution in [-0.4, -0.2) is 48.8 Å². The van der Waals surface area contributed by atoms with Crippen LogP contribution in [0, 0.1) is 11.8 Å². The molecule has 5 heterocycles. The zero-order valence-corrected chi connectivity index (χ0v) is 17.1. The first kappa shape index (κ1) is 18.3. The maximum Gasteiger partial charge on any atom is 0.343 e. The average Bonchev–Trinajstić information content (AvgIpc) is 3.16. The molecule has 152 valence electrons. The van der Waals surface area contributed by atoms with E-state index in [0.717, 1.165) is 18.7 Å². The molecule has 0 aromatic rings. The number of fused-ring (bicyclic) bond motifs is 4. The number of morpholine rings is 1. The van der Waals surface area contributed by atoms with Crippen LogP contribution in [0.3, 0.4) is 0 Å². The van der Waals surface area contributed by atoms with E-state index in [2.05, 4.69) is 24.8 Å². The van der Waals surface area contributed by atoms with Crippen LogP contribution in [0.1, 0.15) is 46.5 Å². The smallest absolute Gasteiger partial charge is 0.343 e. The predicted octanol–water partition coefficient (Wildman–Crippen LogP) is 3.26. The first-order chi connectivity index (χ1) is 13.5. The van der Waals surface area contributed by atoms with E-state index in [1.807, 2.05) is 0 Å². The van der Waals surface area contributed by atoms with Crippen LogP contribution in [0.4, 0.5) is 0 Å². The van der Waals surface area contributed by atoms with Crippen molar-refractivity contribution in [2.24, 2.45) is 11.8 Å². The van der Waals surface area contributed by atoms with Crippen molar-refractivity contribution in [2.45, 2.75) is 70.7 Å². The second-order valence-electron chi connectivity index (χ2n) is 8.65. The summed E-state index contributed by atoms with van der Waals surface area (Å²) < 4.78 is 23.7. The van der Waals surface area contributed by atoms with E-state index in [0.29, 0.717) is 41.0 Å². The monoisotopic (exact) mass is 387 g/mol. The molecule has 5 rings (SSSR count). The van der Waals surface area contributed by atoms with Crippen molar-refractivity contribution in [3.8, 4) is 0 Å². The van der Waals surface area contributed by atoms with Crippen molar-refractivity contribution in [1.82, 2.24) is 4.90 Å². The third kappa shape index (κ3) is 2.50. The Hall–Kier alpha value is -1.79. The van der Waals surface area contributed by atoms with E-state index >= 15 is 0 Å². The number of carbonyl (C=O) groups is 1. The minimum atomic E-state index is -0.357. The Balaban J connectivity index is 1.50. The maximum atomic E-state index is 12.1. The van der Waals surface area contributed by atoms with Crippen molar-refractivity contribution in [3.05, 3.63) is 34.7 Å². The minimum absolute atomic E-state index is 0.0785. The summed E-state index contributed by atoms with van der Waals surface area (Å²) in [5.41, 5.74) is 0.495. The summed E-state index contributed by atoms with van der Waals surface area (Å²) in [5, 5.41) is 0. The molecule has 0 spiro atoms. The molecule has 6 nitrogen and oxygen atoms in total. The molecule has 3 bridgehead atoms. The molecule has 0 aromatic carbocycles. The van der Waals surface area contributed by atoms with Gasteiger partial charge in [-0.2, -0.15) is 0 Å². The Morgan fingerprint density at radius 1 is 1.32 bits per heavy atom. The lowest BCUT2D eigenvalue weighted by atomic mass is 9.84. The highest BCUT2D eigenvalue weighted by atomic mass is 16.6. The summed E-state index contributed by atoms with van der Waals surface area (Å²) in [6, 6.07) is 0.922. The highest BCUT2D eigenvalue weighted by Gasteiger charge is 2.56. The van der Waals surface area contributed by atoms with Crippen LogP contribution in [0.5, 0.6) is 0 Å². The molecule has 0 saturated carbocycles. The molecular weight excluding hydrogens is 358 g/mol. The number of methoxy groups -OCH3 is 1. The molecule has 3 saturated heterocycles. The standard InChI is InChI=1S/C22H29NO5/c1-5-6-7-14-16-9-15-18-11(2)20(21-19(25-4)12(3)22(24)28-21)27-17(18)8-13(26-16)10-23(14)15/h8,11,13-16,18H,5-7,9-10H2,1-4H3/b21-20-/t11-,13-,14+,15-,16+,18+/m0/s1. The number of hydrogen-bond donors (Lipinski definition) is 0. The van der Waals surface area contributed by atoms with Gasteiger partial charge < -0.3 is 18.9 Å². The molecule has 7 atom stereocenters. The molecule has 28 heavy (non-hydrogen) atoms. The molecule has 3 fully saturated rings. The molecule has 0 aliphatic carbocycles. The van der Waals surface area contributed by atoms with E-state index < -0.39 is 0 Å². The van der Waals surface area contributed by atoms with Crippen LogP contribution in [0.2, 0.25) is 0 Å². The van der Waals surface area contributed by atoms with Crippen LogP contribution in [-0.2, 0) is 23.7 Å². The largest absolute Gasteiger partial charge is 0.492 e. The van der Waals surface area contributed by atoms with Crippen LogP contribution < -0.4 is 0 Å². The van der Waals surface area contributed by atoms with Crippen LogP contribution in [0.15, 0.2) is 34.7 Å². The number of carbonyl (C=O) groups excluding carboxylic acids is 1. The first-order valence-corrected chi connectivity index (χ1v) is 10.6. The lowest BCUT2D eigenvalue weighted by molar-refractivity contribution is -0.133. The number of cyclic esters (lactones) is 1. The van der Waals surface area contributed by atoms with Gasteiger partial charge in [0.05, 0.1) is 24.9 Å². The highest BCUT2D eigenvalue weighted by molar-refractivity contribution is 5.93. The summed E-state index contributed by atoms with van der Waals surface area (Å²) in [6.07, 6.45) is 7.25. The van der Waals surface area contributed by atoms with E-state index in [-0.39, 0.29) is 23.9 Å².